The molecule has 0 unspecified atom stereocenters. The minimum Gasteiger partial charge on any atom is -0.440 e. The normalized spacial score (nSPS) is 18.5. The number of anilines is 1. The highest BCUT2D eigenvalue weighted by molar-refractivity contribution is 5.72. The van der Waals surface area contributed by atoms with Crippen LogP contribution in [0.4, 0.5) is 5.95 Å². The number of piperidine rings is 1. The van der Waals surface area contributed by atoms with Crippen LogP contribution < -0.4 is 5.32 Å². The van der Waals surface area contributed by atoms with Gasteiger partial charge in [0.25, 0.3) is 0 Å². The Morgan fingerprint density at radius 2 is 2.08 bits per heavy atom. The van der Waals surface area contributed by atoms with Gasteiger partial charge in [-0.15, -0.1) is 0 Å². The van der Waals surface area contributed by atoms with E-state index in [0.717, 1.165) is 61.6 Å². The number of hydrogen-bond donors (Lipinski definition) is 1. The maximum atomic E-state index is 5.98. The molecule has 2 aromatic heterocycles. The summed E-state index contributed by atoms with van der Waals surface area (Å²) in [7, 11) is 0. The predicted octanol–water partition coefficient (Wildman–Crippen LogP) is 3.43. The van der Waals surface area contributed by atoms with Crippen molar-refractivity contribution in [1.29, 1.82) is 0 Å². The fraction of sp³-hybridized carbons (Fsp3) is 0.421. The zero-order chi connectivity index (χ0) is 17.1. The standard InChI is InChI=1S/C19H23N5O/c1-2-20-19-21-10-14(11-22-19)12-24-9-5-6-15(13-24)18-23-16-7-3-4-8-17(16)25-18/h3-4,7-8,10-11,15H,2,5-6,9,12-13H2,1H3,(H,20,21,22)/t15-/m1/s1. The Bertz CT molecular complexity index is 796. The molecule has 1 N–H and O–H groups in total. The number of rotatable bonds is 5. The fourth-order valence-corrected chi connectivity index (χ4v) is 3.41. The van der Waals surface area contributed by atoms with Crippen molar-refractivity contribution in [3.63, 3.8) is 0 Å². The Kier molecular flexibility index (Phi) is 4.61. The molecule has 1 fully saturated rings. The van der Waals surface area contributed by atoms with Crippen LogP contribution in [0.5, 0.6) is 0 Å². The number of nitrogens with one attached hydrogen (secondary N) is 1. The highest BCUT2D eigenvalue weighted by Gasteiger charge is 2.25. The minimum absolute atomic E-state index is 0.350. The molecule has 0 spiro atoms. The van der Waals surface area contributed by atoms with Crippen molar-refractivity contribution in [2.24, 2.45) is 0 Å². The first kappa shape index (κ1) is 16.0. The van der Waals surface area contributed by atoms with Crippen LogP contribution in [-0.2, 0) is 6.54 Å². The quantitative estimate of drug-likeness (QED) is 0.769. The zero-order valence-corrected chi connectivity index (χ0v) is 14.5. The molecule has 6 nitrogen and oxygen atoms in total. The molecule has 25 heavy (non-hydrogen) atoms. The number of likely N-dealkylation sites (tertiary alicyclic amines) is 1. The summed E-state index contributed by atoms with van der Waals surface area (Å²) in [6, 6.07) is 7.97. The van der Waals surface area contributed by atoms with Crippen LogP contribution in [0.3, 0.4) is 0 Å². The lowest BCUT2D eigenvalue weighted by Crippen LogP contribution is -2.34. The first-order valence-corrected chi connectivity index (χ1v) is 8.94. The number of fused-ring (bicyclic) bond motifs is 1. The molecule has 6 heteroatoms. The summed E-state index contributed by atoms with van der Waals surface area (Å²) >= 11 is 0. The Labute approximate surface area is 147 Å². The molecule has 3 aromatic rings. The van der Waals surface area contributed by atoms with Crippen LogP contribution in [-0.4, -0.2) is 39.5 Å². The fourth-order valence-electron chi connectivity index (χ4n) is 3.41. The summed E-state index contributed by atoms with van der Waals surface area (Å²) in [5.41, 5.74) is 2.96. The molecule has 1 atom stereocenters. The van der Waals surface area contributed by atoms with Gasteiger partial charge in [-0.1, -0.05) is 12.1 Å². The largest absolute Gasteiger partial charge is 0.440 e. The van der Waals surface area contributed by atoms with Gasteiger partial charge in [0.15, 0.2) is 11.5 Å². The lowest BCUT2D eigenvalue weighted by Gasteiger charge is -2.31. The van der Waals surface area contributed by atoms with Crippen molar-refractivity contribution < 1.29 is 4.42 Å². The average molecular weight is 337 g/mol. The first-order valence-electron chi connectivity index (χ1n) is 8.94. The second kappa shape index (κ2) is 7.19. The second-order valence-electron chi connectivity index (χ2n) is 6.54. The van der Waals surface area contributed by atoms with E-state index in [0.29, 0.717) is 11.9 Å². The third kappa shape index (κ3) is 3.64. The van der Waals surface area contributed by atoms with E-state index in [1.54, 1.807) is 0 Å². The van der Waals surface area contributed by atoms with Gasteiger partial charge in [-0.25, -0.2) is 15.0 Å². The molecule has 3 heterocycles. The molecule has 130 valence electrons. The molecular formula is C19H23N5O. The second-order valence-corrected chi connectivity index (χ2v) is 6.54. The van der Waals surface area contributed by atoms with Crippen LogP contribution in [0.15, 0.2) is 41.1 Å². The van der Waals surface area contributed by atoms with E-state index in [1.165, 1.54) is 0 Å². The molecule has 0 amide bonds. The predicted molar refractivity (Wildman–Crippen MR) is 97.5 cm³/mol. The van der Waals surface area contributed by atoms with E-state index in [2.05, 4.69) is 25.2 Å². The molecular weight excluding hydrogens is 314 g/mol. The van der Waals surface area contributed by atoms with Crippen LogP contribution in [0, 0.1) is 0 Å². The highest BCUT2D eigenvalue weighted by Crippen LogP contribution is 2.29. The maximum absolute atomic E-state index is 5.98. The van der Waals surface area contributed by atoms with Crippen molar-refractivity contribution in [2.45, 2.75) is 32.2 Å². The number of oxazole rings is 1. The summed E-state index contributed by atoms with van der Waals surface area (Å²) in [6.45, 7) is 5.78. The van der Waals surface area contributed by atoms with Crippen molar-refractivity contribution in [3.05, 3.63) is 48.1 Å². The molecule has 1 saturated heterocycles. The molecule has 1 aromatic carbocycles. The minimum atomic E-state index is 0.350. The lowest BCUT2D eigenvalue weighted by atomic mass is 9.97. The molecule has 0 radical (unpaired) electrons. The Morgan fingerprint density at radius 3 is 2.88 bits per heavy atom. The number of benzene rings is 1. The zero-order valence-electron chi connectivity index (χ0n) is 14.5. The van der Waals surface area contributed by atoms with Gasteiger partial charge >= 0.3 is 0 Å². The Hall–Kier alpha value is -2.47. The van der Waals surface area contributed by atoms with Gasteiger partial charge in [0.05, 0.1) is 0 Å². The van der Waals surface area contributed by atoms with Crippen molar-refractivity contribution in [3.8, 4) is 0 Å². The van der Waals surface area contributed by atoms with Gasteiger partial charge in [0, 0.05) is 43.5 Å². The van der Waals surface area contributed by atoms with Crippen molar-refractivity contribution >= 4 is 17.0 Å². The topological polar surface area (TPSA) is 67.1 Å². The third-order valence-corrected chi connectivity index (χ3v) is 4.61. The van der Waals surface area contributed by atoms with E-state index in [9.17, 15) is 0 Å². The van der Waals surface area contributed by atoms with Gasteiger partial charge in [-0.3, -0.25) is 4.90 Å². The maximum Gasteiger partial charge on any atom is 0.222 e. The monoisotopic (exact) mass is 337 g/mol. The molecule has 0 saturated carbocycles. The van der Waals surface area contributed by atoms with Crippen LogP contribution in [0.2, 0.25) is 0 Å². The van der Waals surface area contributed by atoms with Crippen LogP contribution in [0.25, 0.3) is 11.1 Å². The lowest BCUT2D eigenvalue weighted by molar-refractivity contribution is 0.187. The van der Waals surface area contributed by atoms with Gasteiger partial charge < -0.3 is 9.73 Å². The van der Waals surface area contributed by atoms with E-state index in [-0.39, 0.29) is 0 Å². The summed E-state index contributed by atoms with van der Waals surface area (Å²) in [6.07, 6.45) is 6.10. The van der Waals surface area contributed by atoms with Crippen LogP contribution >= 0.6 is 0 Å². The van der Waals surface area contributed by atoms with E-state index in [4.69, 9.17) is 4.42 Å². The van der Waals surface area contributed by atoms with E-state index < -0.39 is 0 Å². The smallest absolute Gasteiger partial charge is 0.222 e. The first-order chi connectivity index (χ1) is 12.3. The summed E-state index contributed by atoms with van der Waals surface area (Å²) in [5.74, 6) is 1.90. The molecule has 0 bridgehead atoms. The van der Waals surface area contributed by atoms with Crippen molar-refractivity contribution in [1.82, 2.24) is 19.9 Å². The molecule has 1 aliphatic heterocycles. The summed E-state index contributed by atoms with van der Waals surface area (Å²) < 4.78 is 5.98. The van der Waals surface area contributed by atoms with E-state index >= 15 is 0 Å². The number of nitrogens with zero attached hydrogens (tertiary/aromatic N) is 4. The molecule has 4 rings (SSSR count). The number of para-hydroxylation sites is 2. The summed E-state index contributed by atoms with van der Waals surface area (Å²) in [5, 5.41) is 3.12. The Balaban J connectivity index is 1.43. The number of hydrogen-bond acceptors (Lipinski definition) is 6. The highest BCUT2D eigenvalue weighted by atomic mass is 16.3. The van der Waals surface area contributed by atoms with Gasteiger partial charge in [-0.2, -0.15) is 0 Å². The summed E-state index contributed by atoms with van der Waals surface area (Å²) in [4.78, 5) is 15.8. The van der Waals surface area contributed by atoms with E-state index in [1.807, 2.05) is 43.6 Å². The molecule has 0 aliphatic carbocycles. The van der Waals surface area contributed by atoms with Gasteiger partial charge in [-0.05, 0) is 38.4 Å². The SMILES string of the molecule is CCNc1ncc(CN2CCC[C@@H](c3nc4ccccc4o3)C2)cn1. The Morgan fingerprint density at radius 1 is 1.24 bits per heavy atom. The number of aromatic nitrogens is 3. The van der Waals surface area contributed by atoms with Gasteiger partial charge in [0.1, 0.15) is 5.52 Å². The van der Waals surface area contributed by atoms with Crippen molar-refractivity contribution in [2.75, 3.05) is 25.0 Å². The third-order valence-electron chi connectivity index (χ3n) is 4.61. The average Bonchev–Trinajstić information content (AvgIpc) is 3.08. The van der Waals surface area contributed by atoms with Crippen LogP contribution in [0.1, 0.15) is 37.1 Å². The van der Waals surface area contributed by atoms with Gasteiger partial charge in [0.2, 0.25) is 5.95 Å². The molecule has 1 aliphatic rings.